The normalized spacial score (nSPS) is 16.9. The van der Waals surface area contributed by atoms with Crippen LogP contribution in [0.15, 0.2) is 29.2 Å². The van der Waals surface area contributed by atoms with Gasteiger partial charge in [0, 0.05) is 18.7 Å². The minimum atomic E-state index is -3.72. The number of aliphatic carboxylic acids is 1. The third-order valence-corrected chi connectivity index (χ3v) is 7.08. The van der Waals surface area contributed by atoms with Gasteiger partial charge in [0.25, 0.3) is 5.91 Å². The first-order chi connectivity index (χ1) is 13.1. The highest BCUT2D eigenvalue weighted by molar-refractivity contribution is 7.89. The van der Waals surface area contributed by atoms with E-state index in [4.69, 9.17) is 0 Å². The number of carbonyl (C=O) groups excluding carboxylic acids is 1. The van der Waals surface area contributed by atoms with Gasteiger partial charge in [-0.3, -0.25) is 4.79 Å². The molecule has 0 saturated heterocycles. The lowest BCUT2D eigenvalue weighted by Gasteiger charge is -2.30. The predicted molar refractivity (Wildman–Crippen MR) is 107 cm³/mol. The molecule has 0 unspecified atom stereocenters. The van der Waals surface area contributed by atoms with E-state index < -0.39 is 27.9 Å². The number of hydrogen-bond acceptors (Lipinski definition) is 4. The Morgan fingerprint density at radius 1 is 1.21 bits per heavy atom. The van der Waals surface area contributed by atoms with E-state index in [2.05, 4.69) is 5.32 Å². The second kappa shape index (κ2) is 9.52. The van der Waals surface area contributed by atoms with Crippen molar-refractivity contribution in [3.05, 3.63) is 29.8 Å². The molecule has 0 bridgehead atoms. The highest BCUT2D eigenvalue weighted by Gasteiger charge is 2.30. The minimum Gasteiger partial charge on any atom is -0.480 e. The van der Waals surface area contributed by atoms with Crippen molar-refractivity contribution in [2.75, 3.05) is 7.05 Å². The summed E-state index contributed by atoms with van der Waals surface area (Å²) in [5.41, 5.74) is 0.133. The average molecular weight is 411 g/mol. The van der Waals surface area contributed by atoms with Crippen LogP contribution in [0.2, 0.25) is 0 Å². The van der Waals surface area contributed by atoms with Gasteiger partial charge in [-0.1, -0.05) is 39.2 Å². The Labute approximate surface area is 167 Å². The third kappa shape index (κ3) is 5.54. The Bertz CT molecular complexity index is 801. The summed E-state index contributed by atoms with van der Waals surface area (Å²) in [6, 6.07) is 4.74. The molecule has 0 radical (unpaired) electrons. The molecule has 0 spiro atoms. The highest BCUT2D eigenvalue weighted by Crippen LogP contribution is 2.26. The van der Waals surface area contributed by atoms with Crippen molar-refractivity contribution in [3.63, 3.8) is 0 Å². The fraction of sp³-hybridized carbons (Fsp3) is 0.600. The number of nitrogens with zero attached hydrogens (tertiary/aromatic N) is 1. The average Bonchev–Trinajstić information content (AvgIpc) is 2.67. The molecule has 28 heavy (non-hydrogen) atoms. The van der Waals surface area contributed by atoms with Crippen molar-refractivity contribution in [1.82, 2.24) is 9.62 Å². The molecule has 8 heteroatoms. The number of nitrogens with one attached hydrogen (secondary N) is 1. The predicted octanol–water partition coefficient (Wildman–Crippen LogP) is 2.87. The van der Waals surface area contributed by atoms with Crippen molar-refractivity contribution < 1.29 is 23.1 Å². The molecular weight excluding hydrogens is 380 g/mol. The Kier molecular flexibility index (Phi) is 7.60. The van der Waals surface area contributed by atoms with Gasteiger partial charge in [0.15, 0.2) is 0 Å². The molecule has 1 amide bonds. The summed E-state index contributed by atoms with van der Waals surface area (Å²) >= 11 is 0. The van der Waals surface area contributed by atoms with Crippen LogP contribution < -0.4 is 5.32 Å². The van der Waals surface area contributed by atoms with Crippen molar-refractivity contribution in [2.45, 2.75) is 69.4 Å². The zero-order valence-electron chi connectivity index (χ0n) is 16.7. The molecular formula is C20H30N2O5S. The van der Waals surface area contributed by atoms with Crippen LogP contribution in [0.25, 0.3) is 0 Å². The molecule has 0 aromatic heterocycles. The SMILES string of the molecule is CC(C)C[C@@H](NC(=O)c1cccc(S(=O)(=O)N(C)C2CCCCC2)c1)C(=O)O. The largest absolute Gasteiger partial charge is 0.480 e. The van der Waals surface area contributed by atoms with E-state index in [-0.39, 0.29) is 22.4 Å². The molecule has 0 aliphatic heterocycles. The molecule has 1 aromatic carbocycles. The first kappa shape index (κ1) is 22.4. The zero-order chi connectivity index (χ0) is 20.9. The van der Waals surface area contributed by atoms with E-state index in [9.17, 15) is 23.1 Å². The molecule has 156 valence electrons. The van der Waals surface area contributed by atoms with E-state index in [0.717, 1.165) is 32.1 Å². The second-order valence-electron chi connectivity index (χ2n) is 7.83. The van der Waals surface area contributed by atoms with Crippen LogP contribution in [-0.4, -0.2) is 48.8 Å². The van der Waals surface area contributed by atoms with Gasteiger partial charge in [0.05, 0.1) is 4.90 Å². The van der Waals surface area contributed by atoms with Crippen molar-refractivity contribution in [3.8, 4) is 0 Å². The number of hydrogen-bond donors (Lipinski definition) is 2. The molecule has 7 nitrogen and oxygen atoms in total. The van der Waals surface area contributed by atoms with Crippen molar-refractivity contribution >= 4 is 21.9 Å². The topological polar surface area (TPSA) is 104 Å². The maximum atomic E-state index is 13.0. The molecule has 1 aromatic rings. The van der Waals surface area contributed by atoms with Crippen molar-refractivity contribution in [2.24, 2.45) is 5.92 Å². The molecule has 1 aliphatic rings. The Balaban J connectivity index is 2.20. The van der Waals surface area contributed by atoms with Gasteiger partial charge in [-0.05, 0) is 43.4 Å². The number of carboxylic acids is 1. The Morgan fingerprint density at radius 3 is 2.43 bits per heavy atom. The summed E-state index contributed by atoms with van der Waals surface area (Å²) < 4.78 is 27.4. The molecule has 1 atom stereocenters. The number of sulfonamides is 1. The summed E-state index contributed by atoms with van der Waals surface area (Å²) in [6.45, 7) is 3.74. The first-order valence-electron chi connectivity index (χ1n) is 9.74. The van der Waals surface area contributed by atoms with Gasteiger partial charge < -0.3 is 10.4 Å². The van der Waals surface area contributed by atoms with Crippen LogP contribution in [0.3, 0.4) is 0 Å². The van der Waals surface area contributed by atoms with E-state index >= 15 is 0 Å². The van der Waals surface area contributed by atoms with Gasteiger partial charge in [0.2, 0.25) is 10.0 Å². The Hall–Kier alpha value is -1.93. The van der Waals surface area contributed by atoms with Gasteiger partial charge >= 0.3 is 5.97 Å². The number of benzene rings is 1. The second-order valence-corrected chi connectivity index (χ2v) is 9.83. The third-order valence-electron chi connectivity index (χ3n) is 5.17. The summed E-state index contributed by atoms with van der Waals surface area (Å²) in [5.74, 6) is -1.61. The van der Waals surface area contributed by atoms with E-state index in [1.54, 1.807) is 7.05 Å². The lowest BCUT2D eigenvalue weighted by Crippen LogP contribution is -2.41. The summed E-state index contributed by atoms with van der Waals surface area (Å²) in [6.07, 6.45) is 5.13. The number of carbonyl (C=O) groups is 2. The summed E-state index contributed by atoms with van der Waals surface area (Å²) in [4.78, 5) is 23.9. The number of rotatable bonds is 8. The fourth-order valence-electron chi connectivity index (χ4n) is 3.54. The molecule has 2 rings (SSSR count). The van der Waals surface area contributed by atoms with Crippen LogP contribution in [0, 0.1) is 5.92 Å². The van der Waals surface area contributed by atoms with Crippen LogP contribution in [0.5, 0.6) is 0 Å². The number of amides is 1. The van der Waals surface area contributed by atoms with Crippen LogP contribution in [0.4, 0.5) is 0 Å². The van der Waals surface area contributed by atoms with Crippen LogP contribution in [0.1, 0.15) is 62.7 Å². The van der Waals surface area contributed by atoms with Crippen LogP contribution >= 0.6 is 0 Å². The first-order valence-corrected chi connectivity index (χ1v) is 11.2. The molecule has 1 saturated carbocycles. The van der Waals surface area contributed by atoms with Gasteiger partial charge in [-0.2, -0.15) is 4.31 Å². The lowest BCUT2D eigenvalue weighted by molar-refractivity contribution is -0.139. The minimum absolute atomic E-state index is 0.0290. The van der Waals surface area contributed by atoms with E-state index in [1.807, 2.05) is 13.8 Å². The van der Waals surface area contributed by atoms with Crippen LogP contribution in [-0.2, 0) is 14.8 Å². The van der Waals surface area contributed by atoms with Gasteiger partial charge in [-0.15, -0.1) is 0 Å². The Morgan fingerprint density at radius 2 is 1.86 bits per heavy atom. The molecule has 1 fully saturated rings. The van der Waals surface area contributed by atoms with Crippen molar-refractivity contribution in [1.29, 1.82) is 0 Å². The fourth-order valence-corrected chi connectivity index (χ4v) is 5.00. The summed E-state index contributed by atoms with van der Waals surface area (Å²) in [7, 11) is -2.14. The molecule has 1 aliphatic carbocycles. The highest BCUT2D eigenvalue weighted by atomic mass is 32.2. The quantitative estimate of drug-likeness (QED) is 0.686. The zero-order valence-corrected chi connectivity index (χ0v) is 17.5. The monoisotopic (exact) mass is 410 g/mol. The van der Waals surface area contributed by atoms with E-state index in [0.29, 0.717) is 6.42 Å². The smallest absolute Gasteiger partial charge is 0.326 e. The lowest BCUT2D eigenvalue weighted by atomic mass is 9.96. The summed E-state index contributed by atoms with van der Waals surface area (Å²) in [5, 5.41) is 11.8. The van der Waals surface area contributed by atoms with E-state index in [1.165, 1.54) is 28.6 Å². The molecule has 0 heterocycles. The van der Waals surface area contributed by atoms with Gasteiger partial charge in [0.1, 0.15) is 6.04 Å². The van der Waals surface area contributed by atoms with Gasteiger partial charge in [-0.25, -0.2) is 13.2 Å². The molecule has 2 N–H and O–H groups in total. The maximum Gasteiger partial charge on any atom is 0.326 e. The standard InChI is InChI=1S/C20H30N2O5S/c1-14(2)12-18(20(24)25)21-19(23)15-8-7-11-17(13-15)28(26,27)22(3)16-9-5-4-6-10-16/h7-8,11,13-14,16,18H,4-6,9-10,12H2,1-3H3,(H,21,23)(H,24,25)/t18-/m1/s1. The number of carboxylic acid groups (broad SMARTS) is 1. The maximum absolute atomic E-state index is 13.0.